The Morgan fingerprint density at radius 3 is 2.88 bits per heavy atom. The summed E-state index contributed by atoms with van der Waals surface area (Å²) in [5, 5.41) is 11.8. The summed E-state index contributed by atoms with van der Waals surface area (Å²) in [6, 6.07) is -0.697. The first-order valence-electron chi connectivity index (χ1n) is 5.35. The number of amides is 1. The highest BCUT2D eigenvalue weighted by molar-refractivity contribution is 7.15. The van der Waals surface area contributed by atoms with Crippen LogP contribution in [0.1, 0.15) is 25.3 Å². The van der Waals surface area contributed by atoms with E-state index in [0.29, 0.717) is 11.0 Å². The Morgan fingerprint density at radius 1 is 1.59 bits per heavy atom. The molecule has 17 heavy (non-hydrogen) atoms. The minimum atomic E-state index is -0.697. The zero-order chi connectivity index (χ0) is 12.8. The lowest BCUT2D eigenvalue weighted by Crippen LogP contribution is -2.35. The van der Waals surface area contributed by atoms with Gasteiger partial charge in [0.15, 0.2) is 0 Å². The topological polar surface area (TPSA) is 80.9 Å². The third-order valence-corrected chi connectivity index (χ3v) is 2.82. The van der Waals surface area contributed by atoms with Gasteiger partial charge in [-0.2, -0.15) is 0 Å². The third kappa shape index (κ3) is 4.51. The summed E-state index contributed by atoms with van der Waals surface area (Å²) in [4.78, 5) is 11.5. The van der Waals surface area contributed by atoms with Crippen LogP contribution in [0.3, 0.4) is 0 Å². The monoisotopic (exact) mass is 252 g/mol. The van der Waals surface area contributed by atoms with Crippen LogP contribution < -0.4 is 11.1 Å². The molecule has 1 amide bonds. The number of rotatable bonds is 5. The van der Waals surface area contributed by atoms with Gasteiger partial charge in [-0.05, 0) is 5.92 Å². The molecule has 0 bridgehead atoms. The smallest absolute Gasteiger partial charge is 0.244 e. The molecule has 1 rings (SSSR count). The van der Waals surface area contributed by atoms with Gasteiger partial charge in [0.2, 0.25) is 11.0 Å². The number of carbonyl (C=O) groups excluding carboxylic acids is 1. The van der Waals surface area contributed by atoms with Gasteiger partial charge in [0, 0.05) is 12.8 Å². The van der Waals surface area contributed by atoms with E-state index in [4.69, 9.17) is 12.2 Å². The van der Waals surface area contributed by atoms with Crippen LogP contribution >= 0.6 is 11.3 Å². The summed E-state index contributed by atoms with van der Waals surface area (Å²) < 4.78 is 0. The Kier molecular flexibility index (Phi) is 5.07. The van der Waals surface area contributed by atoms with E-state index in [-0.39, 0.29) is 12.3 Å². The lowest BCUT2D eigenvalue weighted by molar-refractivity contribution is -0.117. The molecule has 0 spiro atoms. The fourth-order valence-electron chi connectivity index (χ4n) is 1.15. The predicted molar refractivity (Wildman–Crippen MR) is 68.5 cm³/mol. The number of terminal acetylenes is 1. The lowest BCUT2D eigenvalue weighted by Gasteiger charge is -2.05. The zero-order valence-corrected chi connectivity index (χ0v) is 10.8. The number of anilines is 1. The van der Waals surface area contributed by atoms with Gasteiger partial charge in [0.05, 0.1) is 6.04 Å². The Bertz CT molecular complexity index is 421. The largest absolute Gasteiger partial charge is 0.319 e. The summed E-state index contributed by atoms with van der Waals surface area (Å²) in [5.41, 5.74) is 5.57. The fourth-order valence-corrected chi connectivity index (χ4v) is 2.11. The SMILES string of the molecule is C#CCC(N)C(=O)Nc1nnc(CC(C)C)s1. The van der Waals surface area contributed by atoms with E-state index < -0.39 is 6.04 Å². The molecule has 5 nitrogen and oxygen atoms in total. The molecular weight excluding hydrogens is 236 g/mol. The van der Waals surface area contributed by atoms with E-state index in [1.807, 2.05) is 0 Å². The maximum Gasteiger partial charge on any atom is 0.244 e. The Balaban J connectivity index is 2.55. The molecule has 3 N–H and O–H groups in total. The van der Waals surface area contributed by atoms with Gasteiger partial charge in [0.1, 0.15) is 5.01 Å². The second kappa shape index (κ2) is 6.33. The van der Waals surface area contributed by atoms with E-state index in [0.717, 1.165) is 11.4 Å². The molecule has 1 aromatic heterocycles. The molecule has 0 aliphatic rings. The van der Waals surface area contributed by atoms with E-state index in [9.17, 15) is 4.79 Å². The van der Waals surface area contributed by atoms with Crippen LogP contribution in [0.2, 0.25) is 0 Å². The van der Waals surface area contributed by atoms with Crippen molar-refractivity contribution in [2.75, 3.05) is 5.32 Å². The Hall–Kier alpha value is -1.45. The number of carbonyl (C=O) groups is 1. The molecule has 1 unspecified atom stereocenters. The summed E-state index contributed by atoms with van der Waals surface area (Å²) in [6.07, 6.45) is 6.15. The van der Waals surface area contributed by atoms with Gasteiger partial charge in [-0.15, -0.1) is 22.5 Å². The van der Waals surface area contributed by atoms with Crippen LogP contribution in [-0.2, 0) is 11.2 Å². The van der Waals surface area contributed by atoms with E-state index in [2.05, 4.69) is 35.3 Å². The normalized spacial score (nSPS) is 12.2. The van der Waals surface area contributed by atoms with E-state index in [1.54, 1.807) is 0 Å². The van der Waals surface area contributed by atoms with Crippen molar-refractivity contribution >= 4 is 22.4 Å². The second-order valence-electron chi connectivity index (χ2n) is 4.10. The summed E-state index contributed by atoms with van der Waals surface area (Å²) >= 11 is 1.36. The summed E-state index contributed by atoms with van der Waals surface area (Å²) in [5.74, 6) is 2.53. The fraction of sp³-hybridized carbons (Fsp3) is 0.545. The molecule has 1 atom stereocenters. The van der Waals surface area contributed by atoms with Crippen molar-refractivity contribution in [3.05, 3.63) is 5.01 Å². The van der Waals surface area contributed by atoms with Crippen LogP contribution in [0, 0.1) is 18.3 Å². The van der Waals surface area contributed by atoms with Crippen molar-refractivity contribution in [3.63, 3.8) is 0 Å². The maximum atomic E-state index is 11.5. The Labute approximate surface area is 105 Å². The molecule has 0 aromatic carbocycles. The molecule has 0 aliphatic heterocycles. The van der Waals surface area contributed by atoms with Crippen molar-refractivity contribution in [1.29, 1.82) is 0 Å². The molecule has 92 valence electrons. The first-order chi connectivity index (χ1) is 8.02. The van der Waals surface area contributed by atoms with Crippen molar-refractivity contribution in [2.45, 2.75) is 32.7 Å². The van der Waals surface area contributed by atoms with Crippen LogP contribution in [-0.4, -0.2) is 22.1 Å². The number of hydrogen-bond acceptors (Lipinski definition) is 5. The molecule has 0 radical (unpaired) electrons. The minimum Gasteiger partial charge on any atom is -0.319 e. The number of aromatic nitrogens is 2. The van der Waals surface area contributed by atoms with Gasteiger partial charge in [0.25, 0.3) is 0 Å². The summed E-state index contributed by atoms with van der Waals surface area (Å²) in [6.45, 7) is 4.20. The molecule has 6 heteroatoms. The quantitative estimate of drug-likeness (QED) is 0.767. The Morgan fingerprint density at radius 2 is 2.29 bits per heavy atom. The van der Waals surface area contributed by atoms with Crippen LogP contribution in [0.5, 0.6) is 0 Å². The van der Waals surface area contributed by atoms with Crippen LogP contribution in [0.25, 0.3) is 0 Å². The van der Waals surface area contributed by atoms with Gasteiger partial charge >= 0.3 is 0 Å². The van der Waals surface area contributed by atoms with Crippen LogP contribution in [0.4, 0.5) is 5.13 Å². The zero-order valence-electron chi connectivity index (χ0n) is 9.93. The van der Waals surface area contributed by atoms with E-state index in [1.165, 1.54) is 11.3 Å². The first-order valence-corrected chi connectivity index (χ1v) is 6.17. The third-order valence-electron chi connectivity index (χ3n) is 1.95. The minimum absolute atomic E-state index is 0.212. The highest BCUT2D eigenvalue weighted by atomic mass is 32.1. The standard InChI is InChI=1S/C11H16N4OS/c1-4-5-8(12)10(16)13-11-15-14-9(17-11)6-7(2)3/h1,7-8H,5-6,12H2,2-3H3,(H,13,15,16). The predicted octanol–water partition coefficient (Wildman–Crippen LogP) is 1.03. The average molecular weight is 252 g/mol. The lowest BCUT2D eigenvalue weighted by atomic mass is 10.1. The number of nitrogens with two attached hydrogens (primary N) is 1. The molecule has 0 fully saturated rings. The highest BCUT2D eigenvalue weighted by Gasteiger charge is 2.14. The highest BCUT2D eigenvalue weighted by Crippen LogP contribution is 2.18. The molecule has 0 saturated carbocycles. The molecule has 0 aliphatic carbocycles. The number of nitrogens with zero attached hydrogens (tertiary/aromatic N) is 2. The van der Waals surface area contributed by atoms with Gasteiger partial charge in [-0.25, -0.2) is 0 Å². The van der Waals surface area contributed by atoms with Crippen molar-refractivity contribution in [3.8, 4) is 12.3 Å². The van der Waals surface area contributed by atoms with Gasteiger partial charge < -0.3 is 5.73 Å². The van der Waals surface area contributed by atoms with Crippen molar-refractivity contribution in [2.24, 2.45) is 11.7 Å². The second-order valence-corrected chi connectivity index (χ2v) is 5.16. The molecule has 1 heterocycles. The first kappa shape index (κ1) is 13.6. The number of nitrogens with one attached hydrogen (secondary N) is 1. The summed E-state index contributed by atoms with van der Waals surface area (Å²) in [7, 11) is 0. The van der Waals surface area contributed by atoms with E-state index >= 15 is 0 Å². The number of hydrogen-bond donors (Lipinski definition) is 2. The van der Waals surface area contributed by atoms with Gasteiger partial charge in [-0.1, -0.05) is 25.2 Å². The average Bonchev–Trinajstić information content (AvgIpc) is 2.64. The maximum absolute atomic E-state index is 11.5. The van der Waals surface area contributed by atoms with Crippen LogP contribution in [0.15, 0.2) is 0 Å². The van der Waals surface area contributed by atoms with Gasteiger partial charge in [-0.3, -0.25) is 10.1 Å². The van der Waals surface area contributed by atoms with Crippen molar-refractivity contribution < 1.29 is 4.79 Å². The molecule has 0 saturated heterocycles. The van der Waals surface area contributed by atoms with Crippen molar-refractivity contribution in [1.82, 2.24) is 10.2 Å². The molecule has 1 aromatic rings. The molecular formula is C11H16N4OS.